The highest BCUT2D eigenvalue weighted by Gasteiger charge is 2.23. The second-order valence-corrected chi connectivity index (χ2v) is 6.86. The third kappa shape index (κ3) is 4.13. The summed E-state index contributed by atoms with van der Waals surface area (Å²) < 4.78 is 23.1. The Morgan fingerprint density at radius 2 is 1.83 bits per heavy atom. The molecule has 0 spiro atoms. The van der Waals surface area contributed by atoms with Crippen LogP contribution in [0, 0.1) is 10.1 Å². The zero-order valence-electron chi connectivity index (χ0n) is 12.2. The maximum absolute atomic E-state index is 12.1. The Hall–Kier alpha value is -2.74. The molecule has 0 aliphatic rings. The summed E-state index contributed by atoms with van der Waals surface area (Å²) in [5.74, 6) is -0.517. The van der Waals surface area contributed by atoms with E-state index in [0.717, 1.165) is 24.0 Å². The van der Waals surface area contributed by atoms with E-state index in [-0.39, 0.29) is 12.1 Å². The smallest absolute Gasteiger partial charge is 0.288 e. The first-order valence-electron chi connectivity index (χ1n) is 6.59. The van der Waals surface area contributed by atoms with Crippen LogP contribution in [0.25, 0.3) is 0 Å². The van der Waals surface area contributed by atoms with E-state index in [2.05, 4.69) is 5.32 Å². The number of rotatable bonds is 5. The lowest BCUT2D eigenvalue weighted by molar-refractivity contribution is -0.387. The minimum Gasteiger partial charge on any atom is -0.348 e. The summed E-state index contributed by atoms with van der Waals surface area (Å²) in [5.41, 5.74) is 0.294. The zero-order chi connectivity index (χ0) is 17.0. The highest BCUT2D eigenvalue weighted by Crippen LogP contribution is 2.24. The minimum atomic E-state index is -3.75. The molecule has 1 N–H and O–H groups in total. The predicted octanol–water partition coefficient (Wildman–Crippen LogP) is 1.93. The second kappa shape index (κ2) is 6.57. The summed E-state index contributed by atoms with van der Waals surface area (Å²) in [6, 6.07) is 12.5. The van der Waals surface area contributed by atoms with Crippen LogP contribution in [0.15, 0.2) is 53.4 Å². The highest BCUT2D eigenvalue weighted by molar-refractivity contribution is 7.90. The van der Waals surface area contributed by atoms with E-state index >= 15 is 0 Å². The molecule has 2 aromatic rings. The van der Waals surface area contributed by atoms with E-state index in [9.17, 15) is 23.3 Å². The van der Waals surface area contributed by atoms with Crippen molar-refractivity contribution in [2.24, 2.45) is 0 Å². The SMILES string of the molecule is CS(=O)(=O)c1ccc(C(=O)NCc2ccccc2)cc1[N+](=O)[O-]. The molecule has 0 aliphatic heterocycles. The predicted molar refractivity (Wildman–Crippen MR) is 83.8 cm³/mol. The van der Waals surface area contributed by atoms with E-state index in [0.29, 0.717) is 0 Å². The van der Waals surface area contributed by atoms with Gasteiger partial charge in [0.2, 0.25) is 0 Å². The maximum atomic E-state index is 12.1. The van der Waals surface area contributed by atoms with Crippen LogP contribution < -0.4 is 5.32 Å². The lowest BCUT2D eigenvalue weighted by atomic mass is 10.1. The molecule has 0 fully saturated rings. The average Bonchev–Trinajstić information content (AvgIpc) is 2.52. The van der Waals surface area contributed by atoms with Gasteiger partial charge in [0.1, 0.15) is 4.90 Å². The summed E-state index contributed by atoms with van der Waals surface area (Å²) in [6.07, 6.45) is 0.879. The Morgan fingerprint density at radius 3 is 2.39 bits per heavy atom. The zero-order valence-corrected chi connectivity index (χ0v) is 13.0. The molecule has 7 nitrogen and oxygen atoms in total. The number of benzene rings is 2. The van der Waals surface area contributed by atoms with Gasteiger partial charge in [0.15, 0.2) is 9.84 Å². The number of nitrogens with one attached hydrogen (secondary N) is 1. The van der Waals surface area contributed by atoms with Gasteiger partial charge in [-0.25, -0.2) is 8.42 Å². The van der Waals surface area contributed by atoms with Gasteiger partial charge in [0.05, 0.1) is 4.92 Å². The van der Waals surface area contributed by atoms with Crippen molar-refractivity contribution in [1.82, 2.24) is 5.32 Å². The monoisotopic (exact) mass is 334 g/mol. The average molecular weight is 334 g/mol. The van der Waals surface area contributed by atoms with Crippen LogP contribution in [-0.2, 0) is 16.4 Å². The Labute approximate surface area is 133 Å². The van der Waals surface area contributed by atoms with E-state index < -0.39 is 31.3 Å². The van der Waals surface area contributed by atoms with Gasteiger partial charge in [-0.15, -0.1) is 0 Å². The highest BCUT2D eigenvalue weighted by atomic mass is 32.2. The number of nitro benzene ring substituents is 1. The van der Waals surface area contributed by atoms with Gasteiger partial charge in [-0.1, -0.05) is 30.3 Å². The third-order valence-electron chi connectivity index (χ3n) is 3.11. The van der Waals surface area contributed by atoms with E-state index in [1.54, 1.807) is 0 Å². The second-order valence-electron chi connectivity index (χ2n) is 4.88. The number of nitro groups is 1. The van der Waals surface area contributed by atoms with Gasteiger partial charge >= 0.3 is 0 Å². The molecule has 8 heteroatoms. The maximum Gasteiger partial charge on any atom is 0.288 e. The van der Waals surface area contributed by atoms with E-state index in [4.69, 9.17) is 0 Å². The molecule has 120 valence electrons. The molecule has 0 aliphatic carbocycles. The normalized spacial score (nSPS) is 11.0. The molecule has 0 saturated carbocycles. The molecule has 0 unspecified atom stereocenters. The first kappa shape index (κ1) is 16.6. The van der Waals surface area contributed by atoms with Crippen LogP contribution in [0.1, 0.15) is 15.9 Å². The molecule has 0 radical (unpaired) electrons. The van der Waals surface area contributed by atoms with Gasteiger partial charge in [-0.2, -0.15) is 0 Å². The Morgan fingerprint density at radius 1 is 1.17 bits per heavy atom. The van der Waals surface area contributed by atoms with Gasteiger partial charge in [-0.05, 0) is 17.7 Å². The summed E-state index contributed by atoms with van der Waals surface area (Å²) in [4.78, 5) is 21.9. The minimum absolute atomic E-state index is 0.0278. The molecule has 0 heterocycles. The molecule has 0 bridgehead atoms. The Bertz CT molecular complexity index is 847. The van der Waals surface area contributed by atoms with Crippen molar-refractivity contribution >= 4 is 21.4 Å². The van der Waals surface area contributed by atoms with Gasteiger partial charge in [-0.3, -0.25) is 14.9 Å². The standard InChI is InChI=1S/C15H14N2O5S/c1-23(21,22)14-8-7-12(9-13(14)17(19)20)15(18)16-10-11-5-3-2-4-6-11/h2-9H,10H2,1H3,(H,16,18). The number of carbonyl (C=O) groups excluding carboxylic acids is 1. The number of hydrogen-bond acceptors (Lipinski definition) is 5. The number of nitrogens with zero attached hydrogens (tertiary/aromatic N) is 1. The Balaban J connectivity index is 2.24. The third-order valence-corrected chi connectivity index (χ3v) is 4.26. The summed E-state index contributed by atoms with van der Waals surface area (Å²) in [6.45, 7) is 0.265. The van der Waals surface area contributed by atoms with Crippen molar-refractivity contribution in [3.8, 4) is 0 Å². The van der Waals surface area contributed by atoms with E-state index in [1.165, 1.54) is 6.07 Å². The van der Waals surface area contributed by atoms with E-state index in [1.807, 2.05) is 30.3 Å². The van der Waals surface area contributed by atoms with Crippen LogP contribution in [0.5, 0.6) is 0 Å². The van der Waals surface area contributed by atoms with Crippen LogP contribution in [0.3, 0.4) is 0 Å². The first-order chi connectivity index (χ1) is 10.8. The van der Waals surface area contributed by atoms with Crippen molar-refractivity contribution in [1.29, 1.82) is 0 Å². The number of hydrogen-bond donors (Lipinski definition) is 1. The largest absolute Gasteiger partial charge is 0.348 e. The fourth-order valence-electron chi connectivity index (χ4n) is 2.00. The van der Waals surface area contributed by atoms with Crippen molar-refractivity contribution in [3.63, 3.8) is 0 Å². The first-order valence-corrected chi connectivity index (χ1v) is 8.49. The van der Waals surface area contributed by atoms with Crippen LogP contribution in [-0.4, -0.2) is 25.5 Å². The molecular weight excluding hydrogens is 320 g/mol. The van der Waals surface area contributed by atoms with Crippen molar-refractivity contribution in [3.05, 3.63) is 69.8 Å². The van der Waals surface area contributed by atoms with Gasteiger partial charge < -0.3 is 5.32 Å². The van der Waals surface area contributed by atoms with Crippen molar-refractivity contribution in [2.45, 2.75) is 11.4 Å². The lowest BCUT2D eigenvalue weighted by Crippen LogP contribution is -2.23. The van der Waals surface area contributed by atoms with Crippen LogP contribution in [0.2, 0.25) is 0 Å². The number of carbonyl (C=O) groups is 1. The van der Waals surface area contributed by atoms with Crippen molar-refractivity contribution in [2.75, 3.05) is 6.26 Å². The van der Waals surface area contributed by atoms with Crippen LogP contribution in [0.4, 0.5) is 5.69 Å². The summed E-state index contributed by atoms with van der Waals surface area (Å²) in [5, 5.41) is 13.7. The molecule has 2 aromatic carbocycles. The number of amides is 1. The molecular formula is C15H14N2O5S. The van der Waals surface area contributed by atoms with Gasteiger partial charge in [0, 0.05) is 24.4 Å². The number of sulfone groups is 1. The molecule has 0 saturated heterocycles. The topological polar surface area (TPSA) is 106 Å². The fraction of sp³-hybridized carbons (Fsp3) is 0.133. The molecule has 0 atom stereocenters. The molecule has 23 heavy (non-hydrogen) atoms. The molecule has 2 rings (SSSR count). The van der Waals surface area contributed by atoms with Gasteiger partial charge in [0.25, 0.3) is 11.6 Å². The van der Waals surface area contributed by atoms with Crippen molar-refractivity contribution < 1.29 is 18.1 Å². The molecule has 1 amide bonds. The Kier molecular flexibility index (Phi) is 4.75. The molecule has 0 aromatic heterocycles. The lowest BCUT2D eigenvalue weighted by Gasteiger charge is -2.07. The quantitative estimate of drug-likeness (QED) is 0.664. The fourth-order valence-corrected chi connectivity index (χ4v) is 2.82. The van der Waals surface area contributed by atoms with Crippen LogP contribution >= 0.6 is 0 Å². The summed E-state index contributed by atoms with van der Waals surface area (Å²) in [7, 11) is -3.75. The summed E-state index contributed by atoms with van der Waals surface area (Å²) >= 11 is 0.